The van der Waals surface area contributed by atoms with E-state index in [1.165, 1.54) is 31.2 Å². The van der Waals surface area contributed by atoms with Gasteiger partial charge in [0.15, 0.2) is 0 Å². The Labute approximate surface area is 205 Å². The lowest BCUT2D eigenvalue weighted by atomic mass is 10.1. The van der Waals surface area contributed by atoms with Crippen LogP contribution in [0.3, 0.4) is 0 Å². The molecule has 0 aliphatic rings. The molecule has 10 nitrogen and oxygen atoms in total. The predicted molar refractivity (Wildman–Crippen MR) is 133 cm³/mol. The summed E-state index contributed by atoms with van der Waals surface area (Å²) in [7, 11) is -2.21. The molecule has 0 spiro atoms. The average molecular weight is 512 g/mol. The van der Waals surface area contributed by atoms with E-state index in [0.29, 0.717) is 11.1 Å². The lowest BCUT2D eigenvalue weighted by molar-refractivity contribution is -0.136. The quantitative estimate of drug-likeness (QED) is 0.198. The minimum Gasteiger partial charge on any atom is -0.507 e. The Morgan fingerprint density at radius 1 is 1.18 bits per heavy atom. The summed E-state index contributed by atoms with van der Waals surface area (Å²) < 4.78 is 26.6. The number of halogens is 1. The van der Waals surface area contributed by atoms with Crippen molar-refractivity contribution in [1.82, 2.24) is 14.9 Å². The van der Waals surface area contributed by atoms with E-state index in [-0.39, 0.29) is 43.4 Å². The van der Waals surface area contributed by atoms with Crippen molar-refractivity contribution in [3.63, 3.8) is 0 Å². The molecule has 2 aromatic carbocycles. The van der Waals surface area contributed by atoms with Crippen molar-refractivity contribution in [2.75, 3.05) is 19.3 Å². The van der Waals surface area contributed by atoms with E-state index in [4.69, 9.17) is 5.84 Å². The third-order valence-corrected chi connectivity index (χ3v) is 6.24. The van der Waals surface area contributed by atoms with E-state index >= 15 is 0 Å². The monoisotopic (exact) mass is 511 g/mol. The number of carbonyl (C=O) groups is 2. The van der Waals surface area contributed by atoms with Gasteiger partial charge in [0.05, 0.1) is 18.5 Å². The molecule has 2 rings (SSSR count). The van der Waals surface area contributed by atoms with E-state index in [1.54, 1.807) is 36.4 Å². The van der Waals surface area contributed by atoms with Crippen molar-refractivity contribution in [3.8, 4) is 5.75 Å². The highest BCUT2D eigenvalue weighted by molar-refractivity contribution is 7.89. The van der Waals surface area contributed by atoms with E-state index in [9.17, 15) is 23.1 Å². The average Bonchev–Trinajstić information content (AvgIpc) is 2.79. The second kappa shape index (κ2) is 13.5. The van der Waals surface area contributed by atoms with Crippen molar-refractivity contribution >= 4 is 40.5 Å². The van der Waals surface area contributed by atoms with Gasteiger partial charge in [-0.25, -0.2) is 13.1 Å². The van der Waals surface area contributed by atoms with Gasteiger partial charge in [0.25, 0.3) is 0 Å². The highest BCUT2D eigenvalue weighted by Gasteiger charge is 2.27. The van der Waals surface area contributed by atoms with Crippen LogP contribution in [-0.4, -0.2) is 61.8 Å². The van der Waals surface area contributed by atoms with Crippen LogP contribution in [0, 0.1) is 0 Å². The molecule has 0 radical (unpaired) electrons. The minimum absolute atomic E-state index is 0. The van der Waals surface area contributed by atoms with E-state index in [1.807, 2.05) is 6.07 Å². The molecule has 0 saturated carbocycles. The Kier molecular flexibility index (Phi) is 11.5. The Bertz CT molecular complexity index is 1100. The first-order valence-corrected chi connectivity index (χ1v) is 11.9. The molecule has 0 aliphatic carbocycles. The molecule has 0 aromatic heterocycles. The number of sulfonamides is 1. The van der Waals surface area contributed by atoms with Crippen LogP contribution in [0.1, 0.15) is 23.6 Å². The van der Waals surface area contributed by atoms with Gasteiger partial charge in [-0.15, -0.1) is 12.4 Å². The van der Waals surface area contributed by atoms with Gasteiger partial charge in [0.2, 0.25) is 21.8 Å². The summed E-state index contributed by atoms with van der Waals surface area (Å²) in [5.41, 5.74) is 1.87. The summed E-state index contributed by atoms with van der Waals surface area (Å²) in [6.07, 6.45) is 1.46. The van der Waals surface area contributed by atoms with E-state index < -0.39 is 27.9 Å². The molecule has 186 valence electrons. The Morgan fingerprint density at radius 2 is 1.85 bits per heavy atom. The number of benzene rings is 2. The lowest BCUT2D eigenvalue weighted by Gasteiger charge is -2.24. The first-order valence-electron chi connectivity index (χ1n) is 10.3. The van der Waals surface area contributed by atoms with Crippen molar-refractivity contribution in [2.24, 2.45) is 10.9 Å². The normalized spacial score (nSPS) is 12.1. The van der Waals surface area contributed by atoms with Gasteiger partial charge < -0.3 is 21.2 Å². The number of hydrazone groups is 1. The summed E-state index contributed by atoms with van der Waals surface area (Å²) >= 11 is 0. The zero-order valence-electron chi connectivity index (χ0n) is 19.0. The molecule has 0 aliphatic heterocycles. The molecule has 0 saturated heterocycles. The molecule has 1 atom stereocenters. The van der Waals surface area contributed by atoms with Gasteiger partial charge >= 0.3 is 0 Å². The van der Waals surface area contributed by atoms with Crippen LogP contribution in [0.4, 0.5) is 0 Å². The molecule has 0 heterocycles. The summed E-state index contributed by atoms with van der Waals surface area (Å²) in [5.74, 6) is 3.92. The number of rotatable bonds is 11. The van der Waals surface area contributed by atoms with Gasteiger partial charge in [0, 0.05) is 19.2 Å². The summed E-state index contributed by atoms with van der Waals surface area (Å²) in [6.45, 7) is 1.35. The van der Waals surface area contributed by atoms with Crippen LogP contribution < -0.4 is 15.9 Å². The number of nitrogens with one attached hydrogen (secondary N) is 2. The van der Waals surface area contributed by atoms with Crippen LogP contribution in [-0.2, 0) is 32.6 Å². The van der Waals surface area contributed by atoms with Gasteiger partial charge in [-0.3, -0.25) is 9.59 Å². The molecule has 34 heavy (non-hydrogen) atoms. The maximum atomic E-state index is 13.0. The SMILES string of the molecule is CCS(=O)(=O)N[C@H](Cc1ccccc1)C(=O)N(C)CC(=O)NCc1ccc(C=NN)c(O)c1.Cl. The Balaban J connectivity index is 0.00000578. The van der Waals surface area contributed by atoms with Crippen LogP contribution in [0.15, 0.2) is 53.6 Å². The lowest BCUT2D eigenvalue weighted by Crippen LogP contribution is -2.50. The largest absolute Gasteiger partial charge is 0.507 e. The highest BCUT2D eigenvalue weighted by Crippen LogP contribution is 2.17. The van der Waals surface area contributed by atoms with Crippen LogP contribution in [0.5, 0.6) is 5.75 Å². The fourth-order valence-electron chi connectivity index (χ4n) is 3.03. The van der Waals surface area contributed by atoms with Crippen LogP contribution in [0.2, 0.25) is 0 Å². The summed E-state index contributed by atoms with van der Waals surface area (Å²) in [4.78, 5) is 26.5. The minimum atomic E-state index is -3.64. The number of nitrogens with zero attached hydrogens (tertiary/aromatic N) is 2. The molecule has 0 fully saturated rings. The second-order valence-corrected chi connectivity index (χ2v) is 9.45. The number of aromatic hydroxyl groups is 1. The number of hydrogen-bond donors (Lipinski definition) is 4. The fourth-order valence-corrected chi connectivity index (χ4v) is 3.82. The first-order chi connectivity index (χ1) is 15.6. The Hall–Kier alpha value is -3.15. The molecular formula is C22H30ClN5O5S. The van der Waals surface area contributed by atoms with Crippen LogP contribution >= 0.6 is 12.4 Å². The smallest absolute Gasteiger partial charge is 0.241 e. The number of amides is 2. The van der Waals surface area contributed by atoms with Crippen molar-refractivity contribution in [3.05, 3.63) is 65.2 Å². The molecule has 12 heteroatoms. The second-order valence-electron chi connectivity index (χ2n) is 7.41. The third-order valence-electron chi connectivity index (χ3n) is 4.84. The number of phenols is 1. The zero-order chi connectivity index (χ0) is 24.4. The number of phenolic OH excluding ortho intramolecular Hbond substituents is 1. The fraction of sp³-hybridized carbons (Fsp3) is 0.318. The standard InChI is InChI=1S/C22H29N5O5S.ClH/c1-3-33(31,32)26-19(11-16-7-5-4-6-8-16)22(30)27(2)15-21(29)24-13-17-9-10-18(14-25-23)20(28)12-17;/h4-10,12,14,19,26,28H,3,11,13,15,23H2,1-2H3,(H,24,29);1H/t19-;/m1./s1. The topological polar surface area (TPSA) is 154 Å². The van der Waals surface area contributed by atoms with Crippen LogP contribution in [0.25, 0.3) is 0 Å². The van der Waals surface area contributed by atoms with Gasteiger partial charge in [-0.2, -0.15) is 5.10 Å². The van der Waals surface area contributed by atoms with Crippen molar-refractivity contribution in [2.45, 2.75) is 25.9 Å². The first kappa shape index (κ1) is 28.9. The highest BCUT2D eigenvalue weighted by atomic mass is 35.5. The van der Waals surface area contributed by atoms with Crippen molar-refractivity contribution in [1.29, 1.82) is 0 Å². The number of likely N-dealkylation sites (N-methyl/N-ethyl adjacent to an activating group) is 1. The van der Waals surface area contributed by atoms with Crippen molar-refractivity contribution < 1.29 is 23.1 Å². The maximum Gasteiger partial charge on any atom is 0.241 e. The number of nitrogens with two attached hydrogens (primary N) is 1. The Morgan fingerprint density at radius 3 is 2.44 bits per heavy atom. The van der Waals surface area contributed by atoms with Gasteiger partial charge in [-0.1, -0.05) is 36.4 Å². The number of carbonyl (C=O) groups excluding carboxylic acids is 2. The van der Waals surface area contributed by atoms with Gasteiger partial charge in [0.1, 0.15) is 11.8 Å². The molecule has 2 aromatic rings. The van der Waals surface area contributed by atoms with E-state index in [2.05, 4.69) is 15.1 Å². The number of hydrogen-bond acceptors (Lipinski definition) is 7. The molecule has 0 unspecified atom stereocenters. The summed E-state index contributed by atoms with van der Waals surface area (Å²) in [6, 6.07) is 12.8. The molecule has 5 N–H and O–H groups in total. The summed E-state index contributed by atoms with van der Waals surface area (Å²) in [5, 5.41) is 16.0. The third kappa shape index (κ3) is 9.00. The van der Waals surface area contributed by atoms with E-state index in [0.717, 1.165) is 5.56 Å². The maximum absolute atomic E-state index is 13.0. The molecule has 0 bridgehead atoms. The molecule has 2 amide bonds. The van der Waals surface area contributed by atoms with Gasteiger partial charge in [-0.05, 0) is 36.6 Å². The predicted octanol–water partition coefficient (Wildman–Crippen LogP) is 0.732. The zero-order valence-corrected chi connectivity index (χ0v) is 20.6. The molecular weight excluding hydrogens is 482 g/mol.